The van der Waals surface area contributed by atoms with Crippen LogP contribution in [0.4, 0.5) is 0 Å². The molecule has 1 saturated carbocycles. The van der Waals surface area contributed by atoms with Crippen molar-refractivity contribution in [2.75, 3.05) is 21.3 Å². The van der Waals surface area contributed by atoms with E-state index in [1.165, 1.54) is 19.8 Å². The average molecular weight is 316 g/mol. The van der Waals surface area contributed by atoms with Gasteiger partial charge in [-0.05, 0) is 48.4 Å². The van der Waals surface area contributed by atoms with Gasteiger partial charge in [0.15, 0.2) is 5.41 Å². The van der Waals surface area contributed by atoms with Crippen molar-refractivity contribution in [3.63, 3.8) is 0 Å². The molecule has 1 unspecified atom stereocenters. The first-order valence-corrected chi connectivity index (χ1v) is 7.58. The monoisotopic (exact) mass is 316 g/mol. The van der Waals surface area contributed by atoms with E-state index in [4.69, 9.17) is 14.2 Å². The van der Waals surface area contributed by atoms with E-state index in [9.17, 15) is 9.59 Å². The van der Waals surface area contributed by atoms with Crippen LogP contribution in [0.2, 0.25) is 0 Å². The molecule has 0 amide bonds. The van der Waals surface area contributed by atoms with Crippen molar-refractivity contribution in [2.24, 2.45) is 11.3 Å². The molecule has 2 aliphatic rings. The van der Waals surface area contributed by atoms with E-state index in [2.05, 4.69) is 6.08 Å². The van der Waals surface area contributed by atoms with Gasteiger partial charge in [-0.25, -0.2) is 0 Å². The lowest BCUT2D eigenvalue weighted by Crippen LogP contribution is -2.39. The largest absolute Gasteiger partial charge is 0.497 e. The molecule has 1 atom stereocenters. The highest BCUT2D eigenvalue weighted by molar-refractivity contribution is 6.01. The molecule has 0 bridgehead atoms. The Balaban J connectivity index is 1.96. The number of fused-ring (bicyclic) bond motifs is 2. The van der Waals surface area contributed by atoms with Crippen molar-refractivity contribution in [1.29, 1.82) is 0 Å². The van der Waals surface area contributed by atoms with Gasteiger partial charge in [-0.15, -0.1) is 0 Å². The minimum absolute atomic E-state index is 0.146. The summed E-state index contributed by atoms with van der Waals surface area (Å²) in [4.78, 5) is 24.6. The molecule has 1 fully saturated rings. The first kappa shape index (κ1) is 15.6. The van der Waals surface area contributed by atoms with Gasteiger partial charge in [0, 0.05) is 0 Å². The fraction of sp³-hybridized carbons (Fsp3) is 0.444. The van der Waals surface area contributed by atoms with Crippen molar-refractivity contribution < 1.29 is 23.8 Å². The van der Waals surface area contributed by atoms with Crippen LogP contribution in [0.3, 0.4) is 0 Å². The predicted molar refractivity (Wildman–Crippen MR) is 83.9 cm³/mol. The first-order valence-electron chi connectivity index (χ1n) is 7.58. The van der Waals surface area contributed by atoms with Gasteiger partial charge in [0.2, 0.25) is 0 Å². The van der Waals surface area contributed by atoms with E-state index in [1.54, 1.807) is 7.11 Å². The second-order valence-electron chi connectivity index (χ2n) is 6.13. The smallest absolute Gasteiger partial charge is 0.323 e. The second kappa shape index (κ2) is 5.72. The standard InChI is InChI=1S/C18H20O5/c1-21-15-5-4-11-6-13-9-18(16(19)22-2,17(20)23-3)10-14(13)7-12(11)8-15/h4-6,8,14H,7,9-10H2,1-3H3. The van der Waals surface area contributed by atoms with E-state index in [1.807, 2.05) is 18.2 Å². The van der Waals surface area contributed by atoms with Gasteiger partial charge in [-0.2, -0.15) is 0 Å². The topological polar surface area (TPSA) is 61.8 Å². The Morgan fingerprint density at radius 3 is 2.43 bits per heavy atom. The summed E-state index contributed by atoms with van der Waals surface area (Å²) in [5.74, 6) is -0.0684. The third kappa shape index (κ3) is 2.40. The fourth-order valence-corrected chi connectivity index (χ4v) is 3.77. The Labute approximate surface area is 135 Å². The quantitative estimate of drug-likeness (QED) is 0.633. The summed E-state index contributed by atoms with van der Waals surface area (Å²) >= 11 is 0. The van der Waals surface area contributed by atoms with Crippen LogP contribution in [0.1, 0.15) is 24.0 Å². The molecule has 0 aromatic heterocycles. The Kier molecular flexibility index (Phi) is 3.88. The molecule has 5 heteroatoms. The van der Waals surface area contributed by atoms with Gasteiger partial charge in [0.25, 0.3) is 0 Å². The molecule has 1 aromatic carbocycles. The zero-order valence-electron chi connectivity index (χ0n) is 13.5. The normalized spacial score (nSPS) is 20.8. The molecular weight excluding hydrogens is 296 g/mol. The zero-order chi connectivity index (χ0) is 16.6. The zero-order valence-corrected chi connectivity index (χ0v) is 13.5. The first-order chi connectivity index (χ1) is 11.0. The number of ether oxygens (including phenoxy) is 3. The van der Waals surface area contributed by atoms with Crippen LogP contribution in [0.5, 0.6) is 5.75 Å². The highest BCUT2D eigenvalue weighted by Gasteiger charge is 2.55. The fourth-order valence-electron chi connectivity index (χ4n) is 3.77. The minimum atomic E-state index is -1.22. The van der Waals surface area contributed by atoms with Gasteiger partial charge in [-0.3, -0.25) is 9.59 Å². The Hall–Kier alpha value is -2.30. The van der Waals surface area contributed by atoms with E-state index in [-0.39, 0.29) is 5.92 Å². The molecule has 0 N–H and O–H groups in total. The molecular formula is C18H20O5. The summed E-state index contributed by atoms with van der Waals surface area (Å²) in [5.41, 5.74) is 2.18. The van der Waals surface area contributed by atoms with Gasteiger partial charge in [0.05, 0.1) is 21.3 Å². The number of hydrogen-bond acceptors (Lipinski definition) is 5. The van der Waals surface area contributed by atoms with Crippen molar-refractivity contribution in [3.8, 4) is 5.75 Å². The maximum absolute atomic E-state index is 12.3. The number of esters is 2. The van der Waals surface area contributed by atoms with Crippen LogP contribution in [0.25, 0.3) is 6.08 Å². The van der Waals surface area contributed by atoms with Gasteiger partial charge >= 0.3 is 11.9 Å². The number of rotatable bonds is 3. The Morgan fingerprint density at radius 2 is 1.83 bits per heavy atom. The molecule has 23 heavy (non-hydrogen) atoms. The molecule has 0 saturated heterocycles. The van der Waals surface area contributed by atoms with E-state index in [0.717, 1.165) is 23.3 Å². The molecule has 0 aliphatic heterocycles. The van der Waals surface area contributed by atoms with E-state index in [0.29, 0.717) is 12.8 Å². The lowest BCUT2D eigenvalue weighted by Gasteiger charge is -2.23. The molecule has 1 aromatic rings. The highest BCUT2D eigenvalue weighted by Crippen LogP contribution is 2.51. The molecule has 2 aliphatic carbocycles. The summed E-state index contributed by atoms with van der Waals surface area (Å²) in [6.07, 6.45) is 3.65. The predicted octanol–water partition coefficient (Wildman–Crippen LogP) is 2.38. The van der Waals surface area contributed by atoms with E-state index >= 15 is 0 Å². The minimum Gasteiger partial charge on any atom is -0.497 e. The summed E-state index contributed by atoms with van der Waals surface area (Å²) in [6, 6.07) is 5.94. The highest BCUT2D eigenvalue weighted by atomic mass is 16.5. The lowest BCUT2D eigenvalue weighted by molar-refractivity contribution is -0.168. The van der Waals surface area contributed by atoms with Crippen molar-refractivity contribution in [3.05, 3.63) is 34.9 Å². The van der Waals surface area contributed by atoms with Crippen molar-refractivity contribution >= 4 is 18.0 Å². The SMILES string of the molecule is COC(=O)C1(C(=O)OC)CC2=Cc3ccc(OC)cc3CC2C1. The van der Waals surface area contributed by atoms with Crippen LogP contribution in [-0.4, -0.2) is 33.3 Å². The maximum Gasteiger partial charge on any atom is 0.323 e. The summed E-state index contributed by atoms with van der Waals surface area (Å²) < 4.78 is 15.1. The summed E-state index contributed by atoms with van der Waals surface area (Å²) in [6.45, 7) is 0. The molecule has 122 valence electrons. The number of methoxy groups -OCH3 is 3. The molecule has 5 nitrogen and oxygen atoms in total. The maximum atomic E-state index is 12.3. The second-order valence-corrected chi connectivity index (χ2v) is 6.13. The molecule has 0 heterocycles. The van der Waals surface area contributed by atoms with Crippen molar-refractivity contribution in [1.82, 2.24) is 0 Å². The molecule has 0 radical (unpaired) electrons. The summed E-state index contributed by atoms with van der Waals surface area (Å²) in [5, 5.41) is 0. The number of allylic oxidation sites excluding steroid dienone is 1. The Bertz CT molecular complexity index is 673. The molecule has 0 spiro atoms. The van der Waals surface area contributed by atoms with Gasteiger partial charge < -0.3 is 14.2 Å². The van der Waals surface area contributed by atoms with E-state index < -0.39 is 17.4 Å². The van der Waals surface area contributed by atoms with Crippen LogP contribution in [-0.2, 0) is 25.5 Å². The Morgan fingerprint density at radius 1 is 1.13 bits per heavy atom. The number of hydrogen-bond donors (Lipinski definition) is 0. The number of carbonyl (C=O) groups excluding carboxylic acids is 2. The van der Waals surface area contributed by atoms with Crippen LogP contribution in [0.15, 0.2) is 23.8 Å². The summed E-state index contributed by atoms with van der Waals surface area (Å²) in [7, 11) is 4.26. The van der Waals surface area contributed by atoms with Crippen LogP contribution < -0.4 is 4.74 Å². The average Bonchev–Trinajstić information content (AvgIpc) is 2.97. The van der Waals surface area contributed by atoms with Crippen LogP contribution >= 0.6 is 0 Å². The van der Waals surface area contributed by atoms with Crippen LogP contribution in [0, 0.1) is 11.3 Å². The van der Waals surface area contributed by atoms with Gasteiger partial charge in [0.1, 0.15) is 5.75 Å². The molecule has 3 rings (SSSR count). The lowest BCUT2D eigenvalue weighted by atomic mass is 9.83. The third-order valence-corrected chi connectivity index (χ3v) is 4.93. The van der Waals surface area contributed by atoms with Crippen molar-refractivity contribution in [2.45, 2.75) is 19.3 Å². The number of carbonyl (C=O) groups is 2. The number of benzene rings is 1. The third-order valence-electron chi connectivity index (χ3n) is 4.93. The van der Waals surface area contributed by atoms with Gasteiger partial charge in [-0.1, -0.05) is 17.7 Å².